The molecule has 2 aromatic rings. The number of rotatable bonds is 8. The highest BCUT2D eigenvalue weighted by atomic mass is 35.5. The van der Waals surface area contributed by atoms with E-state index < -0.39 is 5.41 Å². The van der Waals surface area contributed by atoms with E-state index in [1.807, 2.05) is 67.3 Å². The fourth-order valence-corrected chi connectivity index (χ4v) is 5.38. The van der Waals surface area contributed by atoms with Crippen LogP contribution in [-0.2, 0) is 9.59 Å². The molecule has 0 N–H and O–H groups in total. The Hall–Kier alpha value is -2.10. The second kappa shape index (κ2) is 10.2. The lowest BCUT2D eigenvalue weighted by molar-refractivity contribution is -0.155. The van der Waals surface area contributed by atoms with Crippen LogP contribution in [0.5, 0.6) is 0 Å². The standard InChI is InChI=1S/C27H31Cl2NO2/c1-5-14-27(4)17-24(20-8-7-9-22(29)16-20)25(19-10-12-21(28)13-11-19)30(26(27)32)23(6-2)15-18(3)31/h5,7-13,16,23-25H,1,6,14-15,17H2,2-4H3/t23?,24-,25?,27+/m1/s1. The number of hydrogen-bond acceptors (Lipinski definition) is 2. The van der Waals surface area contributed by atoms with Gasteiger partial charge in [-0.05, 0) is 61.6 Å². The topological polar surface area (TPSA) is 37.4 Å². The first kappa shape index (κ1) is 24.5. The van der Waals surface area contributed by atoms with Crippen LogP contribution in [0, 0.1) is 5.41 Å². The Kier molecular flexibility index (Phi) is 7.84. The third-order valence-corrected chi connectivity index (χ3v) is 7.06. The minimum absolute atomic E-state index is 0.0125. The van der Waals surface area contributed by atoms with Crippen molar-refractivity contribution < 1.29 is 9.59 Å². The molecule has 1 saturated heterocycles. The Labute approximate surface area is 201 Å². The van der Waals surface area contributed by atoms with Gasteiger partial charge in [0.1, 0.15) is 5.78 Å². The van der Waals surface area contributed by atoms with Crippen molar-refractivity contribution in [2.45, 2.75) is 64.5 Å². The molecule has 1 aliphatic heterocycles. The normalized spacial score (nSPS) is 24.3. The average Bonchev–Trinajstić information content (AvgIpc) is 2.75. The quantitative estimate of drug-likeness (QED) is 0.376. The number of hydrogen-bond donors (Lipinski definition) is 0. The van der Waals surface area contributed by atoms with E-state index in [2.05, 4.69) is 12.6 Å². The predicted molar refractivity (Wildman–Crippen MR) is 132 cm³/mol. The van der Waals surface area contributed by atoms with Crippen molar-refractivity contribution in [2.24, 2.45) is 5.41 Å². The summed E-state index contributed by atoms with van der Waals surface area (Å²) in [7, 11) is 0. The third kappa shape index (κ3) is 5.10. The molecule has 32 heavy (non-hydrogen) atoms. The van der Waals surface area contributed by atoms with Crippen LogP contribution in [0.3, 0.4) is 0 Å². The minimum atomic E-state index is -0.609. The Morgan fingerprint density at radius 2 is 1.88 bits per heavy atom. The van der Waals surface area contributed by atoms with Crippen LogP contribution in [0.1, 0.15) is 69.5 Å². The number of ketones is 1. The van der Waals surface area contributed by atoms with Crippen LogP contribution >= 0.6 is 23.2 Å². The molecule has 3 rings (SSSR count). The largest absolute Gasteiger partial charge is 0.331 e. The molecule has 5 heteroatoms. The molecule has 2 aromatic carbocycles. The van der Waals surface area contributed by atoms with E-state index in [1.54, 1.807) is 6.92 Å². The SMILES string of the molecule is C=CC[C@@]1(C)C[C@H](c2cccc(Cl)c2)C(c2ccc(Cl)cc2)N(C(CC)CC(C)=O)C1=O. The van der Waals surface area contributed by atoms with E-state index in [9.17, 15) is 9.59 Å². The zero-order chi connectivity index (χ0) is 23.5. The molecule has 1 heterocycles. The van der Waals surface area contributed by atoms with Gasteiger partial charge in [-0.15, -0.1) is 6.58 Å². The molecule has 0 bridgehead atoms. The monoisotopic (exact) mass is 471 g/mol. The number of likely N-dealkylation sites (tertiary alicyclic amines) is 1. The van der Waals surface area contributed by atoms with E-state index >= 15 is 0 Å². The summed E-state index contributed by atoms with van der Waals surface area (Å²) in [6.45, 7) is 9.55. The van der Waals surface area contributed by atoms with Crippen molar-refractivity contribution in [3.63, 3.8) is 0 Å². The van der Waals surface area contributed by atoms with Gasteiger partial charge in [0.2, 0.25) is 5.91 Å². The van der Waals surface area contributed by atoms with Crippen molar-refractivity contribution in [2.75, 3.05) is 0 Å². The molecule has 4 atom stereocenters. The van der Waals surface area contributed by atoms with Gasteiger partial charge in [0, 0.05) is 28.4 Å². The second-order valence-corrected chi connectivity index (χ2v) is 9.97. The van der Waals surface area contributed by atoms with Crippen LogP contribution in [0.2, 0.25) is 10.0 Å². The number of amides is 1. The molecule has 0 radical (unpaired) electrons. The number of Topliss-reactive ketones (excluding diaryl/α,β-unsaturated/α-hetero) is 1. The number of carbonyl (C=O) groups is 2. The highest BCUT2D eigenvalue weighted by molar-refractivity contribution is 6.30. The van der Waals surface area contributed by atoms with Crippen molar-refractivity contribution in [1.82, 2.24) is 4.90 Å². The first-order chi connectivity index (χ1) is 15.2. The van der Waals surface area contributed by atoms with E-state index in [4.69, 9.17) is 23.2 Å². The molecular weight excluding hydrogens is 441 g/mol. The lowest BCUT2D eigenvalue weighted by atomic mass is 9.67. The van der Waals surface area contributed by atoms with Gasteiger partial charge in [-0.25, -0.2) is 0 Å². The summed E-state index contributed by atoms with van der Waals surface area (Å²) in [5.74, 6) is 0.164. The zero-order valence-corrected chi connectivity index (χ0v) is 20.5. The summed E-state index contributed by atoms with van der Waals surface area (Å²) in [5.41, 5.74) is 1.49. The van der Waals surface area contributed by atoms with Gasteiger partial charge in [-0.1, -0.05) is 67.4 Å². The van der Waals surface area contributed by atoms with E-state index in [1.165, 1.54) is 0 Å². The van der Waals surface area contributed by atoms with Gasteiger partial charge in [-0.2, -0.15) is 0 Å². The zero-order valence-electron chi connectivity index (χ0n) is 19.0. The molecule has 1 fully saturated rings. The highest BCUT2D eigenvalue weighted by Crippen LogP contribution is 2.52. The fraction of sp³-hybridized carbons (Fsp3) is 0.407. The van der Waals surface area contributed by atoms with Crippen LogP contribution in [0.15, 0.2) is 61.2 Å². The first-order valence-electron chi connectivity index (χ1n) is 11.1. The van der Waals surface area contributed by atoms with Gasteiger partial charge >= 0.3 is 0 Å². The Morgan fingerprint density at radius 1 is 1.19 bits per heavy atom. The molecule has 2 unspecified atom stereocenters. The minimum Gasteiger partial charge on any atom is -0.331 e. The first-order valence-corrected chi connectivity index (χ1v) is 11.9. The van der Waals surface area contributed by atoms with E-state index in [0.29, 0.717) is 35.7 Å². The van der Waals surface area contributed by atoms with Gasteiger partial charge in [0.25, 0.3) is 0 Å². The number of carbonyl (C=O) groups excluding carboxylic acids is 2. The lowest BCUT2D eigenvalue weighted by Crippen LogP contribution is -2.55. The average molecular weight is 472 g/mol. The molecule has 0 spiro atoms. The number of halogens is 2. The van der Waals surface area contributed by atoms with Crippen molar-refractivity contribution in [3.05, 3.63) is 82.4 Å². The number of allylic oxidation sites excluding steroid dienone is 1. The van der Waals surface area contributed by atoms with Gasteiger partial charge in [0.05, 0.1) is 11.5 Å². The molecular formula is C27H31Cl2NO2. The van der Waals surface area contributed by atoms with Crippen molar-refractivity contribution >= 4 is 34.9 Å². The fourth-order valence-electron chi connectivity index (χ4n) is 5.06. The van der Waals surface area contributed by atoms with Gasteiger partial charge in [0.15, 0.2) is 0 Å². The number of piperidine rings is 1. The maximum atomic E-state index is 14.0. The van der Waals surface area contributed by atoms with Crippen LogP contribution in [0.4, 0.5) is 0 Å². The van der Waals surface area contributed by atoms with Crippen LogP contribution in [-0.4, -0.2) is 22.6 Å². The third-order valence-electron chi connectivity index (χ3n) is 6.57. The molecule has 0 aliphatic carbocycles. The Bertz CT molecular complexity index is 987. The number of benzene rings is 2. The molecule has 0 saturated carbocycles. The maximum absolute atomic E-state index is 14.0. The summed E-state index contributed by atoms with van der Waals surface area (Å²) in [5, 5.41) is 1.32. The maximum Gasteiger partial charge on any atom is 0.229 e. The summed E-state index contributed by atoms with van der Waals surface area (Å²) >= 11 is 12.6. The van der Waals surface area contributed by atoms with Gasteiger partial charge in [-0.3, -0.25) is 9.59 Å². The summed E-state index contributed by atoms with van der Waals surface area (Å²) in [6, 6.07) is 15.2. The van der Waals surface area contributed by atoms with Crippen LogP contribution < -0.4 is 0 Å². The molecule has 3 nitrogen and oxygen atoms in total. The molecule has 170 valence electrons. The lowest BCUT2D eigenvalue weighted by Gasteiger charge is -2.52. The molecule has 1 amide bonds. The predicted octanol–water partition coefficient (Wildman–Crippen LogP) is 7.39. The summed E-state index contributed by atoms with van der Waals surface area (Å²) < 4.78 is 0. The number of nitrogens with zero attached hydrogens (tertiary/aromatic N) is 1. The second-order valence-electron chi connectivity index (χ2n) is 9.10. The highest BCUT2D eigenvalue weighted by Gasteiger charge is 2.50. The van der Waals surface area contributed by atoms with Crippen molar-refractivity contribution in [1.29, 1.82) is 0 Å². The smallest absolute Gasteiger partial charge is 0.229 e. The summed E-state index contributed by atoms with van der Waals surface area (Å²) in [4.78, 5) is 28.1. The molecule has 1 aliphatic rings. The van der Waals surface area contributed by atoms with Crippen molar-refractivity contribution in [3.8, 4) is 0 Å². The Balaban J connectivity index is 2.23. The Morgan fingerprint density at radius 3 is 2.44 bits per heavy atom. The van der Waals surface area contributed by atoms with E-state index in [-0.39, 0.29) is 29.7 Å². The van der Waals surface area contributed by atoms with E-state index in [0.717, 1.165) is 11.1 Å². The van der Waals surface area contributed by atoms with Gasteiger partial charge < -0.3 is 4.90 Å². The summed E-state index contributed by atoms with van der Waals surface area (Å²) in [6.07, 6.45) is 4.09. The molecule has 0 aromatic heterocycles. The van der Waals surface area contributed by atoms with Crippen LogP contribution in [0.25, 0.3) is 0 Å².